The van der Waals surface area contributed by atoms with Gasteiger partial charge in [-0.15, -0.1) is 0 Å². The van der Waals surface area contributed by atoms with Crippen LogP contribution in [-0.2, 0) is 6.54 Å². The lowest BCUT2D eigenvalue weighted by Crippen LogP contribution is -2.02. The molecule has 0 fully saturated rings. The Bertz CT molecular complexity index is 600. The molecular weight excluding hydrogens is 214 g/mol. The molecule has 0 bridgehead atoms. The molecule has 0 saturated heterocycles. The quantitative estimate of drug-likeness (QED) is 0.793. The molecule has 0 unspecified atom stereocenters. The zero-order valence-electron chi connectivity index (χ0n) is 9.04. The summed E-state index contributed by atoms with van der Waals surface area (Å²) in [6, 6.07) is 11.3. The molecule has 0 aliphatic rings. The van der Waals surface area contributed by atoms with Crippen LogP contribution in [0.4, 0.5) is 0 Å². The molecule has 82 valence electrons. The molecule has 1 heterocycles. The van der Waals surface area contributed by atoms with Crippen LogP contribution >= 0.6 is 0 Å². The van der Waals surface area contributed by atoms with E-state index in [0.717, 1.165) is 5.56 Å². The van der Waals surface area contributed by atoms with Gasteiger partial charge in [-0.05, 0) is 12.1 Å². The third kappa shape index (κ3) is 2.30. The van der Waals surface area contributed by atoms with Gasteiger partial charge in [0.25, 0.3) is 0 Å². The number of aromatic nitrogens is 3. The summed E-state index contributed by atoms with van der Waals surface area (Å²) in [4.78, 5) is 4.15. The van der Waals surface area contributed by atoms with Crippen molar-refractivity contribution in [1.29, 1.82) is 10.5 Å². The third-order valence-corrected chi connectivity index (χ3v) is 2.30. The van der Waals surface area contributed by atoms with Gasteiger partial charge in [0.2, 0.25) is 0 Å². The molecule has 0 spiro atoms. The maximum absolute atomic E-state index is 8.83. The summed E-state index contributed by atoms with van der Waals surface area (Å²) in [5.41, 5.74) is 1.41. The van der Waals surface area contributed by atoms with Crippen LogP contribution in [0.5, 0.6) is 0 Å². The number of aryl methyl sites for hydroxylation is 1. The molecule has 0 amide bonds. The highest BCUT2D eigenvalue weighted by atomic mass is 15.3. The highest BCUT2D eigenvalue weighted by Gasteiger charge is 2.07. The summed E-state index contributed by atoms with van der Waals surface area (Å²) in [6.45, 7) is 0.503. The Kier molecular flexibility index (Phi) is 3.13. The molecule has 1 aromatic carbocycles. The minimum absolute atomic E-state index is 0.383. The van der Waals surface area contributed by atoms with Gasteiger partial charge in [0.1, 0.15) is 6.33 Å². The van der Waals surface area contributed by atoms with Gasteiger partial charge in [0, 0.05) is 5.56 Å². The van der Waals surface area contributed by atoms with E-state index < -0.39 is 0 Å². The molecule has 5 nitrogen and oxygen atoms in total. The summed E-state index contributed by atoms with van der Waals surface area (Å²) in [5.74, 6) is 0.678. The number of nitriles is 2. The molecule has 17 heavy (non-hydrogen) atoms. The molecule has 0 N–H and O–H groups in total. The number of rotatable bonds is 3. The second-order valence-corrected chi connectivity index (χ2v) is 3.41. The largest absolute Gasteiger partial charge is 0.245 e. The molecule has 0 atom stereocenters. The molecule has 0 saturated carbocycles. The molecule has 2 aromatic rings. The van der Waals surface area contributed by atoms with Crippen LogP contribution in [0, 0.1) is 22.7 Å². The summed E-state index contributed by atoms with van der Waals surface area (Å²) in [6.07, 6.45) is 1.83. The lowest BCUT2D eigenvalue weighted by Gasteiger charge is -2.03. The van der Waals surface area contributed by atoms with E-state index in [4.69, 9.17) is 10.5 Å². The maximum atomic E-state index is 8.83. The van der Waals surface area contributed by atoms with Gasteiger partial charge in [-0.25, -0.2) is 9.67 Å². The average molecular weight is 223 g/mol. The van der Waals surface area contributed by atoms with Crippen molar-refractivity contribution < 1.29 is 0 Å². The zero-order chi connectivity index (χ0) is 12.1. The van der Waals surface area contributed by atoms with Gasteiger partial charge in [-0.3, -0.25) is 0 Å². The van der Waals surface area contributed by atoms with E-state index in [0.29, 0.717) is 24.4 Å². The van der Waals surface area contributed by atoms with Crippen LogP contribution in [0.3, 0.4) is 0 Å². The second kappa shape index (κ2) is 4.91. The van der Waals surface area contributed by atoms with Crippen molar-refractivity contribution in [2.45, 2.75) is 13.0 Å². The Morgan fingerprint density at radius 3 is 2.94 bits per heavy atom. The Hall–Kier alpha value is -2.66. The standard InChI is InChI=1S/C12H9N5/c13-5-2-6-17-12(15-9-16-17)11-4-1-3-10(7-11)8-14/h1,3-4,7,9H,2,6H2. The molecule has 1 aromatic heterocycles. The van der Waals surface area contributed by atoms with E-state index in [1.54, 1.807) is 22.9 Å². The van der Waals surface area contributed by atoms with Gasteiger partial charge in [-0.2, -0.15) is 15.6 Å². The molecule has 2 rings (SSSR count). The predicted molar refractivity (Wildman–Crippen MR) is 60.4 cm³/mol. The van der Waals surface area contributed by atoms with Crippen molar-refractivity contribution in [1.82, 2.24) is 14.8 Å². The van der Waals surface area contributed by atoms with E-state index in [-0.39, 0.29) is 0 Å². The lowest BCUT2D eigenvalue weighted by molar-refractivity contribution is 0.633. The van der Waals surface area contributed by atoms with Gasteiger partial charge >= 0.3 is 0 Å². The van der Waals surface area contributed by atoms with Crippen molar-refractivity contribution >= 4 is 0 Å². The Morgan fingerprint density at radius 1 is 1.29 bits per heavy atom. The van der Waals surface area contributed by atoms with Crippen molar-refractivity contribution in [3.63, 3.8) is 0 Å². The summed E-state index contributed by atoms with van der Waals surface area (Å²) in [5, 5.41) is 21.4. The number of benzene rings is 1. The van der Waals surface area contributed by atoms with Gasteiger partial charge in [-0.1, -0.05) is 12.1 Å². The maximum Gasteiger partial charge on any atom is 0.158 e. The molecule has 5 heteroatoms. The smallest absolute Gasteiger partial charge is 0.158 e. The van der Waals surface area contributed by atoms with Crippen LogP contribution in [0.1, 0.15) is 12.0 Å². The SMILES string of the molecule is N#CCCn1ncnc1-c1cccc(C#N)c1. The van der Waals surface area contributed by atoms with Crippen molar-refractivity contribution in [2.75, 3.05) is 0 Å². The summed E-state index contributed by atoms with van der Waals surface area (Å²) < 4.78 is 1.67. The van der Waals surface area contributed by atoms with E-state index >= 15 is 0 Å². The number of nitrogens with zero attached hydrogens (tertiary/aromatic N) is 5. The fourth-order valence-corrected chi connectivity index (χ4v) is 1.54. The van der Waals surface area contributed by atoms with E-state index in [1.807, 2.05) is 6.07 Å². The highest BCUT2D eigenvalue weighted by Crippen LogP contribution is 2.17. The first-order valence-corrected chi connectivity index (χ1v) is 5.10. The predicted octanol–water partition coefficient (Wildman–Crippen LogP) is 1.73. The second-order valence-electron chi connectivity index (χ2n) is 3.41. The summed E-state index contributed by atoms with van der Waals surface area (Å²) >= 11 is 0. The first kappa shape index (κ1) is 10.8. The van der Waals surface area contributed by atoms with Gasteiger partial charge in [0.15, 0.2) is 5.82 Å². The summed E-state index contributed by atoms with van der Waals surface area (Å²) in [7, 11) is 0. The van der Waals surface area contributed by atoms with E-state index in [1.165, 1.54) is 6.33 Å². The molecule has 0 aliphatic heterocycles. The normalized spacial score (nSPS) is 9.53. The highest BCUT2D eigenvalue weighted by molar-refractivity contribution is 5.57. The first-order valence-electron chi connectivity index (χ1n) is 5.10. The Morgan fingerprint density at radius 2 is 2.18 bits per heavy atom. The fraction of sp³-hybridized carbons (Fsp3) is 0.167. The van der Waals surface area contributed by atoms with Crippen LogP contribution < -0.4 is 0 Å². The van der Waals surface area contributed by atoms with Crippen LogP contribution in [0.25, 0.3) is 11.4 Å². The van der Waals surface area contributed by atoms with Crippen molar-refractivity contribution in [2.24, 2.45) is 0 Å². The van der Waals surface area contributed by atoms with Gasteiger partial charge < -0.3 is 0 Å². The Labute approximate surface area is 98.6 Å². The van der Waals surface area contributed by atoms with Gasteiger partial charge in [0.05, 0.1) is 30.7 Å². The minimum Gasteiger partial charge on any atom is -0.245 e. The average Bonchev–Trinajstić information content (AvgIpc) is 2.84. The Balaban J connectivity index is 2.37. The van der Waals surface area contributed by atoms with Crippen LogP contribution in [0.15, 0.2) is 30.6 Å². The minimum atomic E-state index is 0.383. The van der Waals surface area contributed by atoms with Crippen molar-refractivity contribution in [3.05, 3.63) is 36.2 Å². The van der Waals surface area contributed by atoms with Crippen LogP contribution in [-0.4, -0.2) is 14.8 Å². The molecule has 0 radical (unpaired) electrons. The molecular formula is C12H9N5. The number of hydrogen-bond donors (Lipinski definition) is 0. The van der Waals surface area contributed by atoms with E-state index in [9.17, 15) is 0 Å². The first-order chi connectivity index (χ1) is 8.35. The lowest BCUT2D eigenvalue weighted by atomic mass is 10.1. The molecule has 0 aliphatic carbocycles. The fourth-order valence-electron chi connectivity index (χ4n) is 1.54. The topological polar surface area (TPSA) is 78.3 Å². The van der Waals surface area contributed by atoms with Crippen LogP contribution in [0.2, 0.25) is 0 Å². The third-order valence-electron chi connectivity index (χ3n) is 2.30. The van der Waals surface area contributed by atoms with Crippen molar-refractivity contribution in [3.8, 4) is 23.5 Å². The number of hydrogen-bond acceptors (Lipinski definition) is 4. The van der Waals surface area contributed by atoms with E-state index in [2.05, 4.69) is 22.2 Å². The zero-order valence-corrected chi connectivity index (χ0v) is 9.04. The monoisotopic (exact) mass is 223 g/mol.